The molecule has 0 amide bonds. The van der Waals surface area contributed by atoms with E-state index in [1.807, 2.05) is 32.0 Å². The summed E-state index contributed by atoms with van der Waals surface area (Å²) in [4.78, 5) is 22.2. The number of rotatable bonds is 4. The Morgan fingerprint density at radius 3 is 2.69 bits per heavy atom. The van der Waals surface area contributed by atoms with Crippen LogP contribution in [-0.4, -0.2) is 34.7 Å². The lowest BCUT2D eigenvalue weighted by Crippen LogP contribution is -2.38. The first-order chi connectivity index (χ1) is 13.9. The van der Waals surface area contributed by atoms with Crippen LogP contribution in [0.5, 0.6) is 0 Å². The maximum Gasteiger partial charge on any atom is 0.311 e. The van der Waals surface area contributed by atoms with E-state index in [9.17, 15) is 4.79 Å². The fourth-order valence-corrected chi connectivity index (χ4v) is 4.81. The van der Waals surface area contributed by atoms with Gasteiger partial charge in [-0.25, -0.2) is 4.98 Å². The van der Waals surface area contributed by atoms with Gasteiger partial charge in [-0.2, -0.15) is 0 Å². The molecule has 6 nitrogen and oxygen atoms in total. The number of hydrogen-bond donors (Lipinski definition) is 0. The zero-order valence-electron chi connectivity index (χ0n) is 17.2. The highest BCUT2D eigenvalue weighted by atomic mass is 35.5. The molecule has 2 atom stereocenters. The van der Waals surface area contributed by atoms with E-state index in [-0.39, 0.29) is 11.9 Å². The molecule has 4 rings (SSSR count). The van der Waals surface area contributed by atoms with Gasteiger partial charge in [0.2, 0.25) is 0 Å². The van der Waals surface area contributed by atoms with Crippen LogP contribution in [0, 0.1) is 5.41 Å². The van der Waals surface area contributed by atoms with E-state index in [1.54, 1.807) is 19.4 Å². The molecular formula is C22H24ClN3O3. The number of esters is 1. The van der Waals surface area contributed by atoms with Gasteiger partial charge in [-0.3, -0.25) is 9.78 Å². The van der Waals surface area contributed by atoms with Crippen molar-refractivity contribution < 1.29 is 14.3 Å². The number of methoxy groups -OCH3 is 2. The number of ether oxygens (including phenoxy) is 2. The van der Waals surface area contributed by atoms with Gasteiger partial charge in [-0.05, 0) is 45.0 Å². The Hall–Kier alpha value is -2.44. The van der Waals surface area contributed by atoms with Crippen LogP contribution in [0.15, 0.2) is 30.5 Å². The number of halogens is 1. The van der Waals surface area contributed by atoms with Crippen LogP contribution in [0.3, 0.4) is 0 Å². The van der Waals surface area contributed by atoms with Crippen LogP contribution >= 0.6 is 11.6 Å². The van der Waals surface area contributed by atoms with E-state index in [1.165, 1.54) is 7.11 Å². The van der Waals surface area contributed by atoms with Gasteiger partial charge in [-0.15, -0.1) is 0 Å². The number of aryl methyl sites for hydroxylation is 1. The van der Waals surface area contributed by atoms with E-state index >= 15 is 0 Å². The summed E-state index contributed by atoms with van der Waals surface area (Å²) >= 11 is 6.28. The molecule has 0 spiro atoms. The Morgan fingerprint density at radius 1 is 1.28 bits per heavy atom. The fourth-order valence-electron chi connectivity index (χ4n) is 4.67. The zero-order valence-corrected chi connectivity index (χ0v) is 17.9. The first-order valence-corrected chi connectivity index (χ1v) is 9.99. The van der Waals surface area contributed by atoms with Crippen LogP contribution in [-0.2, 0) is 20.8 Å². The Bertz CT molecular complexity index is 1110. The van der Waals surface area contributed by atoms with Gasteiger partial charge in [0.05, 0.1) is 34.9 Å². The highest BCUT2D eigenvalue weighted by Crippen LogP contribution is 2.56. The zero-order chi connectivity index (χ0) is 20.9. The summed E-state index contributed by atoms with van der Waals surface area (Å²) < 4.78 is 13.3. The molecule has 0 saturated heterocycles. The molecule has 1 aliphatic rings. The molecule has 0 N–H and O–H groups in total. The molecule has 152 valence electrons. The Morgan fingerprint density at radius 2 is 2.03 bits per heavy atom. The predicted molar refractivity (Wildman–Crippen MR) is 112 cm³/mol. The SMILES string of the molecule is CCn1c2c(c3nc(Cl)ccc31)C(C(C)(C)C(=O)OC)[C@H](OC)c1ncccc1-2. The Labute approximate surface area is 174 Å². The number of fused-ring (bicyclic) bond motifs is 5. The quantitative estimate of drug-likeness (QED) is 0.456. The van der Waals surface area contributed by atoms with E-state index in [0.29, 0.717) is 5.15 Å². The first-order valence-electron chi connectivity index (χ1n) is 9.61. The summed E-state index contributed by atoms with van der Waals surface area (Å²) in [6, 6.07) is 7.73. The van der Waals surface area contributed by atoms with E-state index in [2.05, 4.69) is 21.5 Å². The Balaban J connectivity index is 2.17. The van der Waals surface area contributed by atoms with Crippen LogP contribution in [0.1, 0.15) is 44.1 Å². The molecule has 0 fully saturated rings. The summed E-state index contributed by atoms with van der Waals surface area (Å²) in [5.74, 6) is -0.659. The smallest absolute Gasteiger partial charge is 0.311 e. The molecule has 7 heteroatoms. The third-order valence-electron chi connectivity index (χ3n) is 5.95. The monoisotopic (exact) mass is 413 g/mol. The summed E-state index contributed by atoms with van der Waals surface area (Å²) in [5, 5.41) is 0.411. The predicted octanol–water partition coefficient (Wildman–Crippen LogP) is 4.76. The number of aromatic nitrogens is 3. The van der Waals surface area contributed by atoms with Gasteiger partial charge in [0.15, 0.2) is 0 Å². The van der Waals surface area contributed by atoms with Crippen molar-refractivity contribution in [3.05, 3.63) is 46.9 Å². The summed E-state index contributed by atoms with van der Waals surface area (Å²) in [6.07, 6.45) is 1.33. The number of hydrogen-bond acceptors (Lipinski definition) is 5. The molecule has 3 aromatic rings. The van der Waals surface area contributed by atoms with Crippen LogP contribution in [0.25, 0.3) is 22.3 Å². The molecule has 1 aliphatic carbocycles. The molecule has 29 heavy (non-hydrogen) atoms. The lowest BCUT2D eigenvalue weighted by atomic mass is 9.67. The number of carbonyl (C=O) groups excluding carboxylic acids is 1. The van der Waals surface area contributed by atoms with Gasteiger partial charge in [-0.1, -0.05) is 11.6 Å². The van der Waals surface area contributed by atoms with Crippen molar-refractivity contribution in [3.63, 3.8) is 0 Å². The minimum atomic E-state index is -0.879. The largest absolute Gasteiger partial charge is 0.469 e. The second-order valence-corrected chi connectivity index (χ2v) is 8.18. The molecule has 0 saturated carbocycles. The lowest BCUT2D eigenvalue weighted by molar-refractivity contribution is -0.154. The molecular weight excluding hydrogens is 390 g/mol. The van der Waals surface area contributed by atoms with Crippen LogP contribution in [0.4, 0.5) is 0 Å². The Kier molecular flexibility index (Phi) is 4.87. The fraction of sp³-hybridized carbons (Fsp3) is 0.409. The molecule has 0 radical (unpaired) electrons. The molecule has 1 unspecified atom stereocenters. The number of nitrogens with zero attached hydrogens (tertiary/aromatic N) is 3. The lowest BCUT2D eigenvalue weighted by Gasteiger charge is -2.40. The van der Waals surface area contributed by atoms with Crippen molar-refractivity contribution in [1.29, 1.82) is 0 Å². The summed E-state index contributed by atoms with van der Waals surface area (Å²) in [6.45, 7) is 6.60. The molecule has 3 heterocycles. The topological polar surface area (TPSA) is 66.2 Å². The average molecular weight is 414 g/mol. The standard InChI is InChI=1S/C22H24ClN3O3/c1-6-26-13-9-10-14(23)25-18(13)15-16(22(2,3)21(27)29-5)20(28-4)17-12(19(15)26)8-7-11-24-17/h7-11,16,20H,6H2,1-5H3/t16?,20-/m0/s1. The van der Waals surface area contributed by atoms with Gasteiger partial charge in [0, 0.05) is 36.9 Å². The van der Waals surface area contributed by atoms with E-state index in [4.69, 9.17) is 21.1 Å². The molecule has 0 aliphatic heterocycles. The van der Waals surface area contributed by atoms with E-state index < -0.39 is 11.5 Å². The van der Waals surface area contributed by atoms with Crippen molar-refractivity contribution >= 4 is 28.6 Å². The van der Waals surface area contributed by atoms with Crippen molar-refractivity contribution in [2.24, 2.45) is 5.41 Å². The number of pyridine rings is 2. The van der Waals surface area contributed by atoms with Gasteiger partial charge in [0.25, 0.3) is 0 Å². The van der Waals surface area contributed by atoms with Crippen molar-refractivity contribution in [2.75, 3.05) is 14.2 Å². The third kappa shape index (κ3) is 2.77. The van der Waals surface area contributed by atoms with Gasteiger partial charge >= 0.3 is 5.97 Å². The van der Waals surface area contributed by atoms with Crippen molar-refractivity contribution in [1.82, 2.24) is 14.5 Å². The first kappa shape index (κ1) is 19.9. The van der Waals surface area contributed by atoms with Crippen LogP contribution < -0.4 is 0 Å². The van der Waals surface area contributed by atoms with Crippen molar-refractivity contribution in [3.8, 4) is 11.3 Å². The molecule has 0 bridgehead atoms. The highest BCUT2D eigenvalue weighted by Gasteiger charge is 2.50. The summed E-state index contributed by atoms with van der Waals surface area (Å²) in [7, 11) is 3.06. The second kappa shape index (κ2) is 7.11. The van der Waals surface area contributed by atoms with Crippen molar-refractivity contribution in [2.45, 2.75) is 39.3 Å². The normalized spacial score (nSPS) is 18.4. The van der Waals surface area contributed by atoms with E-state index in [0.717, 1.165) is 40.1 Å². The molecule has 3 aromatic heterocycles. The van der Waals surface area contributed by atoms with Gasteiger partial charge in [0.1, 0.15) is 11.3 Å². The van der Waals surface area contributed by atoms with Gasteiger partial charge < -0.3 is 14.0 Å². The average Bonchev–Trinajstić information content (AvgIpc) is 3.05. The third-order valence-corrected chi connectivity index (χ3v) is 6.16. The highest BCUT2D eigenvalue weighted by molar-refractivity contribution is 6.29. The van der Waals surface area contributed by atoms with Crippen LogP contribution in [0.2, 0.25) is 5.15 Å². The maximum atomic E-state index is 12.8. The second-order valence-electron chi connectivity index (χ2n) is 7.79. The maximum absolute atomic E-state index is 12.8. The number of carbonyl (C=O) groups is 1. The minimum Gasteiger partial charge on any atom is -0.469 e. The molecule has 0 aromatic carbocycles. The minimum absolute atomic E-state index is 0.311. The summed E-state index contributed by atoms with van der Waals surface area (Å²) in [5.41, 5.74) is 4.64.